The van der Waals surface area contributed by atoms with Crippen molar-refractivity contribution in [3.8, 4) is 0 Å². The lowest BCUT2D eigenvalue weighted by atomic mass is 9.81. The van der Waals surface area contributed by atoms with Crippen molar-refractivity contribution in [3.05, 3.63) is 57.8 Å². The number of carbonyl (C=O) groups excluding carboxylic acids is 1. The van der Waals surface area contributed by atoms with Gasteiger partial charge in [-0.15, -0.1) is 5.10 Å². The Kier molecular flexibility index (Phi) is 4.45. The number of hydrogen-bond donors (Lipinski definition) is 1. The Bertz CT molecular complexity index is 1250. The number of carbonyl (C=O) groups is 1. The summed E-state index contributed by atoms with van der Waals surface area (Å²) in [6.07, 6.45) is 2.88. The van der Waals surface area contributed by atoms with Crippen molar-refractivity contribution in [3.63, 3.8) is 0 Å². The second-order valence-electron chi connectivity index (χ2n) is 8.16. The standard InChI is InChI=1S/C21H20F2N6O2/c1-12-6-17-24-4-2-18(30)29(17)27-19(12)28-5-3-16-13(11-28)7-15(10-25-16)26-20(31)14-8-21(22,23)9-14/h2,4,6-7,10,14H,3,5,8-9,11H2,1H3,(H,26,31). The molecule has 0 radical (unpaired) electrons. The number of aryl methyl sites for hydroxylation is 1. The maximum atomic E-state index is 13.0. The van der Waals surface area contributed by atoms with E-state index >= 15 is 0 Å². The van der Waals surface area contributed by atoms with E-state index < -0.39 is 30.6 Å². The van der Waals surface area contributed by atoms with Crippen LogP contribution in [0, 0.1) is 12.8 Å². The number of aromatic nitrogens is 4. The van der Waals surface area contributed by atoms with Crippen LogP contribution >= 0.6 is 0 Å². The summed E-state index contributed by atoms with van der Waals surface area (Å²) in [5.74, 6) is -3.13. The third-order valence-corrected chi connectivity index (χ3v) is 5.81. The van der Waals surface area contributed by atoms with E-state index in [1.54, 1.807) is 6.20 Å². The number of pyridine rings is 1. The molecule has 31 heavy (non-hydrogen) atoms. The van der Waals surface area contributed by atoms with Gasteiger partial charge in [-0.2, -0.15) is 4.52 Å². The fourth-order valence-electron chi connectivity index (χ4n) is 4.13. The summed E-state index contributed by atoms with van der Waals surface area (Å²) in [5, 5.41) is 7.21. The van der Waals surface area contributed by atoms with Crippen molar-refractivity contribution in [1.29, 1.82) is 0 Å². The molecule has 3 aromatic rings. The zero-order valence-electron chi connectivity index (χ0n) is 16.8. The van der Waals surface area contributed by atoms with Crippen LogP contribution in [0.2, 0.25) is 0 Å². The van der Waals surface area contributed by atoms with Crippen molar-refractivity contribution in [2.75, 3.05) is 16.8 Å². The van der Waals surface area contributed by atoms with Gasteiger partial charge in [0.05, 0.1) is 11.9 Å². The molecule has 0 aromatic carbocycles. The maximum Gasteiger partial charge on any atom is 0.274 e. The number of nitrogens with zero attached hydrogens (tertiary/aromatic N) is 5. The molecular formula is C21H20F2N6O2. The number of amides is 1. The predicted octanol–water partition coefficient (Wildman–Crippen LogP) is 2.34. The van der Waals surface area contributed by atoms with Gasteiger partial charge in [0.1, 0.15) is 0 Å². The molecule has 1 aliphatic carbocycles. The van der Waals surface area contributed by atoms with Gasteiger partial charge in [-0.1, -0.05) is 0 Å². The summed E-state index contributed by atoms with van der Waals surface area (Å²) in [4.78, 5) is 35.0. The minimum Gasteiger partial charge on any atom is -0.350 e. The van der Waals surface area contributed by atoms with Crippen molar-refractivity contribution in [1.82, 2.24) is 19.6 Å². The molecule has 1 saturated carbocycles. The highest BCUT2D eigenvalue weighted by atomic mass is 19.3. The molecule has 1 N–H and O–H groups in total. The molecule has 1 aliphatic heterocycles. The van der Waals surface area contributed by atoms with Gasteiger partial charge in [0.15, 0.2) is 11.5 Å². The molecule has 10 heteroatoms. The lowest BCUT2D eigenvalue weighted by Crippen LogP contribution is -2.42. The molecule has 0 saturated heterocycles. The zero-order chi connectivity index (χ0) is 21.8. The molecule has 5 rings (SSSR count). The van der Waals surface area contributed by atoms with E-state index in [0.717, 1.165) is 16.8 Å². The zero-order valence-corrected chi connectivity index (χ0v) is 16.8. The predicted molar refractivity (Wildman–Crippen MR) is 109 cm³/mol. The number of nitrogens with one attached hydrogen (secondary N) is 1. The Hall–Kier alpha value is -3.43. The summed E-state index contributed by atoms with van der Waals surface area (Å²) >= 11 is 0. The maximum absolute atomic E-state index is 13.0. The highest BCUT2D eigenvalue weighted by Crippen LogP contribution is 2.42. The van der Waals surface area contributed by atoms with Gasteiger partial charge in [0, 0.05) is 56.2 Å². The van der Waals surface area contributed by atoms with Gasteiger partial charge in [0.2, 0.25) is 11.8 Å². The Morgan fingerprint density at radius 2 is 2.06 bits per heavy atom. The minimum atomic E-state index is -2.74. The van der Waals surface area contributed by atoms with E-state index in [0.29, 0.717) is 36.7 Å². The summed E-state index contributed by atoms with van der Waals surface area (Å²) in [6, 6.07) is 5.01. The molecule has 2 aliphatic rings. The number of anilines is 2. The largest absolute Gasteiger partial charge is 0.350 e. The minimum absolute atomic E-state index is 0.253. The Labute approximate surface area is 175 Å². The van der Waals surface area contributed by atoms with Gasteiger partial charge in [0.25, 0.3) is 5.56 Å². The van der Waals surface area contributed by atoms with Crippen molar-refractivity contribution >= 4 is 23.1 Å². The second-order valence-corrected chi connectivity index (χ2v) is 8.16. The van der Waals surface area contributed by atoms with Crippen LogP contribution in [0.15, 0.2) is 35.4 Å². The Balaban J connectivity index is 1.38. The highest BCUT2D eigenvalue weighted by molar-refractivity contribution is 5.93. The first-order valence-electron chi connectivity index (χ1n) is 10.1. The van der Waals surface area contributed by atoms with E-state index in [1.807, 2.05) is 19.1 Å². The van der Waals surface area contributed by atoms with Gasteiger partial charge in [-0.25, -0.2) is 13.8 Å². The van der Waals surface area contributed by atoms with E-state index in [1.165, 1.54) is 16.8 Å². The molecular weight excluding hydrogens is 406 g/mol. The fraction of sp³-hybridized carbons (Fsp3) is 0.381. The average Bonchev–Trinajstić information content (AvgIpc) is 2.71. The highest BCUT2D eigenvalue weighted by Gasteiger charge is 2.48. The first-order chi connectivity index (χ1) is 14.8. The smallest absolute Gasteiger partial charge is 0.274 e. The number of halogens is 2. The van der Waals surface area contributed by atoms with E-state index in [9.17, 15) is 18.4 Å². The molecule has 3 aromatic heterocycles. The van der Waals surface area contributed by atoms with Gasteiger partial charge >= 0.3 is 0 Å². The van der Waals surface area contributed by atoms with Crippen LogP contribution in [0.1, 0.15) is 29.7 Å². The molecule has 0 unspecified atom stereocenters. The summed E-state index contributed by atoms with van der Waals surface area (Å²) in [7, 11) is 0. The van der Waals surface area contributed by atoms with Crippen LogP contribution < -0.4 is 15.8 Å². The SMILES string of the molecule is Cc1cc2nccc(=O)n2nc1N1CCc2ncc(NC(=O)C3CC(F)(F)C3)cc2C1. The molecule has 0 atom stereocenters. The lowest BCUT2D eigenvalue weighted by Gasteiger charge is -2.33. The van der Waals surface area contributed by atoms with Crippen LogP contribution in [-0.2, 0) is 17.8 Å². The first kappa shape index (κ1) is 19.5. The second kappa shape index (κ2) is 7.07. The number of fused-ring (bicyclic) bond motifs is 2. The number of hydrogen-bond acceptors (Lipinski definition) is 6. The van der Waals surface area contributed by atoms with Crippen LogP contribution in [0.5, 0.6) is 0 Å². The number of alkyl halides is 2. The monoisotopic (exact) mass is 426 g/mol. The molecule has 160 valence electrons. The summed E-state index contributed by atoms with van der Waals surface area (Å²) in [6.45, 7) is 3.10. The van der Waals surface area contributed by atoms with Crippen LogP contribution in [-0.4, -0.2) is 38.0 Å². The molecule has 4 heterocycles. The topological polar surface area (TPSA) is 92.5 Å². The number of rotatable bonds is 3. The van der Waals surface area contributed by atoms with Crippen LogP contribution in [0.25, 0.3) is 5.65 Å². The van der Waals surface area contributed by atoms with Crippen molar-refractivity contribution in [2.24, 2.45) is 5.92 Å². The Morgan fingerprint density at radius 1 is 1.26 bits per heavy atom. The lowest BCUT2D eigenvalue weighted by molar-refractivity contribution is -0.145. The summed E-state index contributed by atoms with van der Waals surface area (Å²) in [5.41, 5.74) is 3.45. The Morgan fingerprint density at radius 3 is 2.84 bits per heavy atom. The first-order valence-corrected chi connectivity index (χ1v) is 10.1. The fourth-order valence-corrected chi connectivity index (χ4v) is 4.13. The van der Waals surface area contributed by atoms with E-state index in [2.05, 4.69) is 25.3 Å². The third-order valence-electron chi connectivity index (χ3n) is 5.81. The van der Waals surface area contributed by atoms with Crippen LogP contribution in [0.4, 0.5) is 20.3 Å². The average molecular weight is 426 g/mol. The van der Waals surface area contributed by atoms with Crippen molar-refractivity contribution in [2.45, 2.75) is 38.7 Å². The quantitative estimate of drug-likeness (QED) is 0.691. The van der Waals surface area contributed by atoms with E-state index in [4.69, 9.17) is 0 Å². The molecule has 8 nitrogen and oxygen atoms in total. The third kappa shape index (κ3) is 3.62. The molecule has 0 spiro atoms. The molecule has 1 amide bonds. The van der Waals surface area contributed by atoms with Crippen molar-refractivity contribution < 1.29 is 13.6 Å². The van der Waals surface area contributed by atoms with Crippen LogP contribution in [0.3, 0.4) is 0 Å². The van der Waals surface area contributed by atoms with Gasteiger partial charge in [-0.05, 0) is 30.2 Å². The summed E-state index contributed by atoms with van der Waals surface area (Å²) < 4.78 is 27.4. The van der Waals surface area contributed by atoms with Gasteiger partial charge < -0.3 is 10.2 Å². The molecule has 1 fully saturated rings. The van der Waals surface area contributed by atoms with Gasteiger partial charge in [-0.3, -0.25) is 14.6 Å². The normalized spacial score (nSPS) is 17.8. The molecule has 0 bridgehead atoms. The van der Waals surface area contributed by atoms with E-state index in [-0.39, 0.29) is 5.56 Å².